The van der Waals surface area contributed by atoms with Crippen molar-refractivity contribution in [2.24, 2.45) is 0 Å². The van der Waals surface area contributed by atoms with Gasteiger partial charge in [-0.3, -0.25) is 0 Å². The van der Waals surface area contributed by atoms with Gasteiger partial charge >= 0.3 is 5.97 Å². The van der Waals surface area contributed by atoms with Crippen LogP contribution in [0.15, 0.2) is 12.1 Å². The van der Waals surface area contributed by atoms with E-state index < -0.39 is 11.9 Å². The molecule has 0 aliphatic rings. The standard InChI is InChI=1S/C10H11NO4/c1-5-7(9(12)13)3-6(11)4-8(5)10(14)15-2/h3-4H,11H2,1-2H3,(H,12,13)/p-1. The number of ether oxygens (including phenoxy) is 1. The lowest BCUT2D eigenvalue weighted by Gasteiger charge is -2.11. The Hall–Kier alpha value is -2.04. The van der Waals surface area contributed by atoms with Crippen LogP contribution in [0.3, 0.4) is 0 Å². The second-order valence-corrected chi connectivity index (χ2v) is 3.02. The molecule has 0 aliphatic heterocycles. The van der Waals surface area contributed by atoms with Gasteiger partial charge in [0.25, 0.3) is 0 Å². The molecule has 1 aromatic rings. The second kappa shape index (κ2) is 4.00. The first-order valence-corrected chi connectivity index (χ1v) is 4.17. The van der Waals surface area contributed by atoms with Gasteiger partial charge in [0.05, 0.1) is 18.6 Å². The van der Waals surface area contributed by atoms with Crippen molar-refractivity contribution >= 4 is 17.6 Å². The number of carboxylic acids is 1. The summed E-state index contributed by atoms with van der Waals surface area (Å²) in [7, 11) is 1.21. The zero-order chi connectivity index (χ0) is 11.6. The van der Waals surface area contributed by atoms with Crippen LogP contribution in [0.5, 0.6) is 0 Å². The van der Waals surface area contributed by atoms with Gasteiger partial charge in [-0.1, -0.05) is 0 Å². The predicted octanol–water partition coefficient (Wildman–Crippen LogP) is -0.273. The average Bonchev–Trinajstić information content (AvgIpc) is 2.19. The van der Waals surface area contributed by atoms with Gasteiger partial charge in [-0.25, -0.2) is 4.79 Å². The van der Waals surface area contributed by atoms with Crippen molar-refractivity contribution in [2.75, 3.05) is 12.8 Å². The maximum absolute atomic E-state index is 11.3. The molecule has 1 rings (SSSR count). The number of nitrogen functional groups attached to an aromatic ring is 1. The highest BCUT2D eigenvalue weighted by atomic mass is 16.5. The van der Waals surface area contributed by atoms with E-state index in [0.717, 1.165) is 0 Å². The van der Waals surface area contributed by atoms with Crippen molar-refractivity contribution in [3.05, 3.63) is 28.8 Å². The van der Waals surface area contributed by atoms with Crippen LogP contribution >= 0.6 is 0 Å². The number of benzene rings is 1. The number of carbonyl (C=O) groups excluding carboxylic acids is 2. The number of rotatable bonds is 2. The van der Waals surface area contributed by atoms with E-state index >= 15 is 0 Å². The summed E-state index contributed by atoms with van der Waals surface area (Å²) in [6.07, 6.45) is 0. The molecular formula is C10H10NO4-. The monoisotopic (exact) mass is 208 g/mol. The van der Waals surface area contributed by atoms with Crippen LogP contribution in [0.2, 0.25) is 0 Å². The molecule has 15 heavy (non-hydrogen) atoms. The van der Waals surface area contributed by atoms with Gasteiger partial charge in [0, 0.05) is 11.3 Å². The SMILES string of the molecule is COC(=O)c1cc(N)cc(C(=O)[O-])c1C. The molecule has 0 unspecified atom stereocenters. The number of aromatic carboxylic acids is 1. The number of anilines is 1. The lowest BCUT2D eigenvalue weighted by atomic mass is 10.0. The summed E-state index contributed by atoms with van der Waals surface area (Å²) in [5, 5.41) is 10.7. The van der Waals surface area contributed by atoms with Crippen LogP contribution < -0.4 is 10.8 Å². The third-order valence-corrected chi connectivity index (χ3v) is 2.06. The Morgan fingerprint density at radius 3 is 2.33 bits per heavy atom. The van der Waals surface area contributed by atoms with Crippen molar-refractivity contribution in [1.82, 2.24) is 0 Å². The van der Waals surface area contributed by atoms with Crippen molar-refractivity contribution < 1.29 is 19.4 Å². The van der Waals surface area contributed by atoms with Crippen LogP contribution in [-0.4, -0.2) is 19.0 Å². The summed E-state index contributed by atoms with van der Waals surface area (Å²) in [6.45, 7) is 1.50. The van der Waals surface area contributed by atoms with Gasteiger partial charge in [-0.2, -0.15) is 0 Å². The Morgan fingerprint density at radius 1 is 1.33 bits per heavy atom. The van der Waals surface area contributed by atoms with Crippen molar-refractivity contribution in [3.8, 4) is 0 Å². The zero-order valence-electron chi connectivity index (χ0n) is 8.37. The number of carbonyl (C=O) groups is 2. The smallest absolute Gasteiger partial charge is 0.338 e. The summed E-state index contributed by atoms with van der Waals surface area (Å²) in [5.41, 5.74) is 5.96. The third-order valence-electron chi connectivity index (χ3n) is 2.06. The number of esters is 1. The predicted molar refractivity (Wildman–Crippen MR) is 51.3 cm³/mol. The van der Waals surface area contributed by atoms with Crippen LogP contribution in [0.25, 0.3) is 0 Å². The van der Waals surface area contributed by atoms with Gasteiger partial charge in [0.2, 0.25) is 0 Å². The minimum Gasteiger partial charge on any atom is -0.545 e. The Kier molecular flexibility index (Phi) is 2.94. The summed E-state index contributed by atoms with van der Waals surface area (Å²) < 4.78 is 4.50. The molecule has 0 heterocycles. The Morgan fingerprint density at radius 2 is 1.87 bits per heavy atom. The fourth-order valence-corrected chi connectivity index (χ4v) is 1.27. The molecule has 0 saturated carbocycles. The molecule has 5 heteroatoms. The molecule has 0 bridgehead atoms. The van der Waals surface area contributed by atoms with Crippen molar-refractivity contribution in [2.45, 2.75) is 6.92 Å². The van der Waals surface area contributed by atoms with Gasteiger partial charge < -0.3 is 20.4 Å². The molecule has 1 aromatic carbocycles. The summed E-state index contributed by atoms with van der Waals surface area (Å²) in [4.78, 5) is 22.0. The largest absolute Gasteiger partial charge is 0.545 e. The summed E-state index contributed by atoms with van der Waals surface area (Å²) >= 11 is 0. The summed E-state index contributed by atoms with van der Waals surface area (Å²) in [5.74, 6) is -1.99. The van der Waals surface area contributed by atoms with Gasteiger partial charge in [0.1, 0.15) is 0 Å². The number of hydrogen-bond donors (Lipinski definition) is 1. The number of carboxylic acid groups (broad SMARTS) is 1. The molecule has 0 aliphatic carbocycles. The molecule has 0 fully saturated rings. The molecular weight excluding hydrogens is 198 g/mol. The molecule has 0 saturated heterocycles. The molecule has 0 aromatic heterocycles. The first kappa shape index (κ1) is 11.0. The van der Waals surface area contributed by atoms with Gasteiger partial charge in [-0.05, 0) is 24.6 Å². The van der Waals surface area contributed by atoms with Crippen LogP contribution in [0.1, 0.15) is 26.3 Å². The van der Waals surface area contributed by atoms with E-state index in [1.54, 1.807) is 0 Å². The molecule has 0 atom stereocenters. The molecule has 80 valence electrons. The lowest BCUT2D eigenvalue weighted by Crippen LogP contribution is -2.24. The van der Waals surface area contributed by atoms with Gasteiger partial charge in [0.15, 0.2) is 0 Å². The lowest BCUT2D eigenvalue weighted by molar-refractivity contribution is -0.255. The molecule has 0 spiro atoms. The third kappa shape index (κ3) is 2.07. The minimum atomic E-state index is -1.37. The number of hydrogen-bond acceptors (Lipinski definition) is 5. The number of methoxy groups -OCH3 is 1. The molecule has 0 amide bonds. The van der Waals surface area contributed by atoms with E-state index in [1.807, 2.05) is 0 Å². The maximum Gasteiger partial charge on any atom is 0.338 e. The van der Waals surface area contributed by atoms with Crippen molar-refractivity contribution in [3.63, 3.8) is 0 Å². The van der Waals surface area contributed by atoms with E-state index in [1.165, 1.54) is 26.2 Å². The maximum atomic E-state index is 11.3. The van der Waals surface area contributed by atoms with Crippen LogP contribution in [0.4, 0.5) is 5.69 Å². The fourth-order valence-electron chi connectivity index (χ4n) is 1.27. The minimum absolute atomic E-state index is 0.101. The highest BCUT2D eigenvalue weighted by molar-refractivity contribution is 5.98. The fraction of sp³-hybridized carbons (Fsp3) is 0.200. The number of nitrogens with two attached hydrogens (primary N) is 1. The van der Waals surface area contributed by atoms with E-state index in [-0.39, 0.29) is 22.4 Å². The Balaban J connectivity index is 3.41. The first-order chi connectivity index (χ1) is 6.97. The molecule has 0 radical (unpaired) electrons. The van der Waals surface area contributed by atoms with Gasteiger partial charge in [-0.15, -0.1) is 0 Å². The Bertz CT molecular complexity index is 426. The van der Waals surface area contributed by atoms with Crippen molar-refractivity contribution in [1.29, 1.82) is 0 Å². The topological polar surface area (TPSA) is 92.5 Å². The highest BCUT2D eigenvalue weighted by Gasteiger charge is 2.13. The van der Waals surface area contributed by atoms with E-state index in [4.69, 9.17) is 5.73 Å². The molecule has 5 nitrogen and oxygen atoms in total. The first-order valence-electron chi connectivity index (χ1n) is 4.17. The summed E-state index contributed by atoms with van der Waals surface area (Å²) in [6, 6.07) is 2.62. The quantitative estimate of drug-likeness (QED) is 0.533. The normalized spacial score (nSPS) is 9.73. The Labute approximate surface area is 86.5 Å². The zero-order valence-corrected chi connectivity index (χ0v) is 8.37. The van der Waals surface area contributed by atoms with E-state index in [9.17, 15) is 14.7 Å². The van der Waals surface area contributed by atoms with Crippen LogP contribution in [0, 0.1) is 6.92 Å². The van der Waals surface area contributed by atoms with E-state index in [0.29, 0.717) is 0 Å². The second-order valence-electron chi connectivity index (χ2n) is 3.02. The highest BCUT2D eigenvalue weighted by Crippen LogP contribution is 2.18. The van der Waals surface area contributed by atoms with Crippen LogP contribution in [-0.2, 0) is 4.74 Å². The average molecular weight is 208 g/mol. The van der Waals surface area contributed by atoms with E-state index in [2.05, 4.69) is 4.74 Å². The molecule has 2 N–H and O–H groups in total.